The van der Waals surface area contributed by atoms with E-state index in [-0.39, 0.29) is 39.7 Å². The molecule has 0 bridgehead atoms. The van der Waals surface area contributed by atoms with Gasteiger partial charge >= 0.3 is 17.1 Å². The summed E-state index contributed by atoms with van der Waals surface area (Å²) in [6.45, 7) is 16.3. The van der Waals surface area contributed by atoms with Gasteiger partial charge in [-0.25, -0.2) is 0 Å². The van der Waals surface area contributed by atoms with Crippen molar-refractivity contribution in [3.63, 3.8) is 0 Å². The van der Waals surface area contributed by atoms with Gasteiger partial charge in [-0.2, -0.15) is 0 Å². The Kier molecular flexibility index (Phi) is 31.5. The second-order valence-electron chi connectivity index (χ2n) is 12.1. The van der Waals surface area contributed by atoms with Crippen molar-refractivity contribution in [3.8, 4) is 0 Å². The molecule has 7 heteroatoms. The Morgan fingerprint density at radius 3 is 0.744 bits per heavy atom. The van der Waals surface area contributed by atoms with E-state index in [0.29, 0.717) is 0 Å². The molecule has 0 heterocycles. The minimum absolute atomic E-state index is 0. The van der Waals surface area contributed by atoms with Crippen LogP contribution in [0.5, 0.6) is 0 Å². The van der Waals surface area contributed by atoms with E-state index < -0.39 is 14.7 Å². The fourth-order valence-electron chi connectivity index (χ4n) is 5.05. The molecule has 0 aromatic rings. The van der Waals surface area contributed by atoms with Crippen molar-refractivity contribution in [1.29, 1.82) is 0 Å². The zero-order valence-electron chi connectivity index (χ0n) is 27.3. The molecule has 0 aromatic heterocycles. The van der Waals surface area contributed by atoms with Crippen molar-refractivity contribution in [2.45, 2.75) is 206 Å². The third-order valence-electron chi connectivity index (χ3n) is 8.36. The van der Waals surface area contributed by atoms with E-state index in [9.17, 15) is 18.9 Å². The zero-order valence-corrected chi connectivity index (χ0v) is 30.2. The summed E-state index contributed by atoms with van der Waals surface area (Å²) in [6.07, 6.45) is 22.0. The van der Waals surface area contributed by atoms with Gasteiger partial charge in [-0.1, -0.05) is 158 Å². The fraction of sp³-hybridized carbons (Fsp3) is 1.00. The van der Waals surface area contributed by atoms with Gasteiger partial charge < -0.3 is 18.9 Å². The molecule has 39 heavy (non-hydrogen) atoms. The first-order chi connectivity index (χ1) is 17.9. The van der Waals surface area contributed by atoms with Gasteiger partial charge in [-0.15, -0.1) is 0 Å². The molecular formula is C32H68FeO4P2. The molecule has 0 aliphatic carbocycles. The van der Waals surface area contributed by atoms with Crippen molar-refractivity contribution in [1.82, 2.24) is 0 Å². The van der Waals surface area contributed by atoms with E-state index in [1.165, 1.54) is 77.0 Å². The average molecular weight is 635 g/mol. The van der Waals surface area contributed by atoms with Crippen molar-refractivity contribution in [2.75, 3.05) is 0 Å². The summed E-state index contributed by atoms with van der Waals surface area (Å²) in [7, 11) is -6.44. The standard InChI is InChI=1S/2C16H35O2P.Fe/c2*1-5-7-9-11-13-15(3)19(17,18)16(4)14-12-10-8-6-2;/h2*15-16H,5-14H2,1-4H3,(H,17,18);/q;;+2/p-2. The largest absolute Gasteiger partial charge is 2.00 e. The minimum Gasteiger partial charge on any atom is -0.799 e. The van der Waals surface area contributed by atoms with Crippen molar-refractivity contribution < 1.29 is 36.0 Å². The first-order valence-electron chi connectivity index (χ1n) is 16.5. The summed E-state index contributed by atoms with van der Waals surface area (Å²) in [6, 6.07) is 0. The fourth-order valence-corrected chi connectivity index (χ4v) is 8.96. The molecule has 0 rings (SSSR count). The average Bonchev–Trinajstić information content (AvgIpc) is 2.89. The van der Waals surface area contributed by atoms with Crippen LogP contribution in [0.1, 0.15) is 184 Å². The van der Waals surface area contributed by atoms with Crippen LogP contribution in [0.3, 0.4) is 0 Å². The molecule has 0 fully saturated rings. The van der Waals surface area contributed by atoms with E-state index in [4.69, 9.17) is 0 Å². The normalized spacial score (nSPS) is 17.5. The maximum absolute atomic E-state index is 12.4. The monoisotopic (exact) mass is 634 g/mol. The summed E-state index contributed by atoms with van der Waals surface area (Å²) in [5.41, 5.74) is -0.535. The van der Waals surface area contributed by atoms with Crippen LogP contribution in [0.25, 0.3) is 0 Å². The van der Waals surface area contributed by atoms with Crippen LogP contribution in [-0.2, 0) is 26.2 Å². The SMILES string of the molecule is CCCCCCC(C)P(=O)([O-])C(C)CCCCCC.CCCCCCC(C)P(=O)([O-])C(C)CCCCCC.[Fe+2]. The molecule has 4 atom stereocenters. The van der Waals surface area contributed by atoms with Crippen LogP contribution < -0.4 is 9.79 Å². The molecule has 0 radical (unpaired) electrons. The van der Waals surface area contributed by atoms with Gasteiger partial charge in [0.15, 0.2) is 0 Å². The molecule has 0 aliphatic rings. The van der Waals surface area contributed by atoms with Gasteiger partial charge in [0.1, 0.15) is 0 Å². The van der Waals surface area contributed by atoms with E-state index >= 15 is 0 Å². The Morgan fingerprint density at radius 2 is 0.590 bits per heavy atom. The van der Waals surface area contributed by atoms with Crippen molar-refractivity contribution in [2.24, 2.45) is 0 Å². The summed E-state index contributed by atoms with van der Waals surface area (Å²) < 4.78 is 24.8. The molecule has 238 valence electrons. The number of hydrogen-bond acceptors (Lipinski definition) is 4. The molecule has 4 nitrogen and oxygen atoms in total. The maximum atomic E-state index is 12.4. The maximum Gasteiger partial charge on any atom is 2.00 e. The molecule has 0 saturated carbocycles. The smallest absolute Gasteiger partial charge is 0.799 e. The van der Waals surface area contributed by atoms with Crippen LogP contribution in [0.2, 0.25) is 0 Å². The van der Waals surface area contributed by atoms with E-state index in [1.54, 1.807) is 0 Å². The van der Waals surface area contributed by atoms with Gasteiger partial charge in [0, 0.05) is 14.7 Å². The minimum atomic E-state index is -3.22. The van der Waals surface area contributed by atoms with Gasteiger partial charge in [0.2, 0.25) is 0 Å². The van der Waals surface area contributed by atoms with Crippen LogP contribution in [0.4, 0.5) is 0 Å². The first kappa shape index (κ1) is 44.3. The second-order valence-corrected chi connectivity index (χ2v) is 18.2. The number of rotatable bonds is 24. The van der Waals surface area contributed by atoms with Crippen molar-refractivity contribution >= 4 is 14.7 Å². The molecule has 0 amide bonds. The summed E-state index contributed by atoms with van der Waals surface area (Å²) in [4.78, 5) is 24.8. The van der Waals surface area contributed by atoms with E-state index in [1.807, 2.05) is 27.7 Å². The third-order valence-corrected chi connectivity index (χ3v) is 14.3. The topological polar surface area (TPSA) is 80.3 Å². The number of unbranched alkanes of at least 4 members (excludes halogenated alkanes) is 12. The van der Waals surface area contributed by atoms with E-state index in [0.717, 1.165) is 51.4 Å². The Balaban J connectivity index is -0.000000648. The van der Waals surface area contributed by atoms with E-state index in [2.05, 4.69) is 27.7 Å². The molecule has 0 aromatic carbocycles. The molecule has 0 saturated heterocycles. The molecular weight excluding hydrogens is 566 g/mol. The quantitative estimate of drug-likeness (QED) is 0.0601. The van der Waals surface area contributed by atoms with Crippen LogP contribution in [-0.4, -0.2) is 22.6 Å². The Labute approximate surface area is 256 Å². The molecule has 0 N–H and O–H groups in total. The van der Waals surface area contributed by atoms with Gasteiger partial charge in [0.25, 0.3) is 0 Å². The summed E-state index contributed by atoms with van der Waals surface area (Å²) in [5, 5.41) is 0. The molecule has 0 spiro atoms. The third kappa shape index (κ3) is 22.2. The van der Waals surface area contributed by atoms with Crippen LogP contribution in [0, 0.1) is 0 Å². The first-order valence-corrected chi connectivity index (χ1v) is 20.1. The predicted molar refractivity (Wildman–Crippen MR) is 168 cm³/mol. The Morgan fingerprint density at radius 1 is 0.410 bits per heavy atom. The van der Waals surface area contributed by atoms with Gasteiger partial charge in [-0.3, -0.25) is 0 Å². The predicted octanol–water partition coefficient (Wildman–Crippen LogP) is 10.7. The molecule has 4 unspecified atom stereocenters. The number of hydrogen-bond donors (Lipinski definition) is 0. The van der Waals surface area contributed by atoms with Crippen molar-refractivity contribution in [3.05, 3.63) is 0 Å². The Hall–Kier alpha value is 0.899. The Bertz CT molecular complexity index is 521. The molecule has 0 aliphatic heterocycles. The zero-order chi connectivity index (χ0) is 29.5. The van der Waals surface area contributed by atoms with Crippen LogP contribution >= 0.6 is 14.7 Å². The second kappa shape index (κ2) is 27.7. The van der Waals surface area contributed by atoms with Gasteiger partial charge in [-0.05, 0) is 48.3 Å². The summed E-state index contributed by atoms with van der Waals surface area (Å²) in [5.74, 6) is 0. The van der Waals surface area contributed by atoms with Crippen LogP contribution in [0.15, 0.2) is 0 Å². The summed E-state index contributed by atoms with van der Waals surface area (Å²) >= 11 is 0. The van der Waals surface area contributed by atoms with Gasteiger partial charge in [0.05, 0.1) is 0 Å².